The van der Waals surface area contributed by atoms with Gasteiger partial charge in [0.25, 0.3) is 0 Å². The Hall–Kier alpha value is -0.970. The molecule has 0 saturated carbocycles. The van der Waals surface area contributed by atoms with Crippen LogP contribution < -0.4 is 6.15 Å². The Bertz CT molecular complexity index is 205. The van der Waals surface area contributed by atoms with Crippen LogP contribution in [0.15, 0.2) is 0 Å². The molecule has 0 spiro atoms. The van der Waals surface area contributed by atoms with E-state index in [4.69, 9.17) is 0 Å². The van der Waals surface area contributed by atoms with E-state index in [-0.39, 0.29) is 6.15 Å². The number of tetrazole rings is 1. The zero-order chi connectivity index (χ0) is 8.43. The summed E-state index contributed by atoms with van der Waals surface area (Å²) in [5, 5.41) is 11.5. The molecule has 0 unspecified atom stereocenters. The van der Waals surface area contributed by atoms with Crippen molar-refractivity contribution in [2.24, 2.45) is 0 Å². The molecular formula is C7H17N5. The first-order chi connectivity index (χ1) is 5.13. The molecule has 1 aromatic heterocycles. The molecular weight excluding hydrogens is 154 g/mol. The smallest absolute Gasteiger partial charge is 0.154 e. The lowest BCUT2D eigenvalue weighted by atomic mass is 10.2. The van der Waals surface area contributed by atoms with Gasteiger partial charge >= 0.3 is 0 Å². The quantitative estimate of drug-likeness (QED) is 0.732. The molecule has 70 valence electrons. The van der Waals surface area contributed by atoms with Gasteiger partial charge in [-0.05, 0) is 24.3 Å². The predicted octanol–water partition coefficient (Wildman–Crippen LogP) is 1.54. The predicted molar refractivity (Wildman–Crippen MR) is 47.3 cm³/mol. The maximum atomic E-state index is 3.94. The lowest BCUT2D eigenvalue weighted by molar-refractivity contribution is 0.483. The average molecular weight is 171 g/mol. The molecule has 12 heavy (non-hydrogen) atoms. The summed E-state index contributed by atoms with van der Waals surface area (Å²) in [6.07, 6.45) is 0. The van der Waals surface area contributed by atoms with Crippen LogP contribution in [0.2, 0.25) is 0 Å². The minimum atomic E-state index is 0. The summed E-state index contributed by atoms with van der Waals surface area (Å²) in [5.41, 5.74) is 0. The maximum Gasteiger partial charge on any atom is 0.154 e. The Morgan fingerprint density at radius 1 is 1.17 bits per heavy atom. The molecule has 0 aliphatic heterocycles. The van der Waals surface area contributed by atoms with Gasteiger partial charge in [0.2, 0.25) is 0 Å². The van der Waals surface area contributed by atoms with E-state index in [0.717, 1.165) is 5.82 Å². The molecule has 0 bridgehead atoms. The summed E-state index contributed by atoms with van der Waals surface area (Å²) in [6.45, 7) is 8.32. The normalized spacial score (nSPS) is 10.5. The van der Waals surface area contributed by atoms with Crippen molar-refractivity contribution in [2.75, 3.05) is 0 Å². The number of hydrogen-bond acceptors (Lipinski definition) is 4. The minimum absolute atomic E-state index is 0. The van der Waals surface area contributed by atoms with Crippen LogP contribution in [0.5, 0.6) is 0 Å². The lowest BCUT2D eigenvalue weighted by Crippen LogP contribution is -2.09. The van der Waals surface area contributed by atoms with Crippen molar-refractivity contribution in [1.29, 1.82) is 0 Å². The monoisotopic (exact) mass is 171 g/mol. The highest BCUT2D eigenvalue weighted by Crippen LogP contribution is 2.12. The molecule has 0 radical (unpaired) electrons. The third kappa shape index (κ3) is 2.01. The molecule has 1 heterocycles. The van der Waals surface area contributed by atoms with Crippen LogP contribution in [0.1, 0.15) is 45.5 Å². The Labute approximate surface area is 72.7 Å². The second-order valence-corrected chi connectivity index (χ2v) is 3.23. The van der Waals surface area contributed by atoms with Gasteiger partial charge in [-0.1, -0.05) is 13.8 Å². The Morgan fingerprint density at radius 2 is 1.75 bits per heavy atom. The van der Waals surface area contributed by atoms with Gasteiger partial charge in [0.15, 0.2) is 5.82 Å². The molecule has 0 fully saturated rings. The molecule has 0 atom stereocenters. The fourth-order valence-corrected chi connectivity index (χ4v) is 0.948. The topological polar surface area (TPSA) is 78.6 Å². The molecule has 0 aliphatic carbocycles. The van der Waals surface area contributed by atoms with Crippen LogP contribution in [-0.4, -0.2) is 20.2 Å². The standard InChI is InChI=1S/C7H14N4.H3N/c1-5(2)7-8-9-10-11(7)6(3)4;/h5-6H,1-4H3;1H3. The highest BCUT2D eigenvalue weighted by Gasteiger charge is 2.11. The largest absolute Gasteiger partial charge is 0.344 e. The average Bonchev–Trinajstić information content (AvgIpc) is 2.32. The molecule has 3 N–H and O–H groups in total. The van der Waals surface area contributed by atoms with Crippen LogP contribution in [0.3, 0.4) is 0 Å². The summed E-state index contributed by atoms with van der Waals surface area (Å²) in [5.74, 6) is 1.35. The summed E-state index contributed by atoms with van der Waals surface area (Å²) in [4.78, 5) is 0. The first-order valence-corrected chi connectivity index (χ1v) is 3.90. The van der Waals surface area contributed by atoms with Gasteiger partial charge in [0, 0.05) is 5.92 Å². The summed E-state index contributed by atoms with van der Waals surface area (Å²) >= 11 is 0. The third-order valence-corrected chi connectivity index (χ3v) is 1.52. The summed E-state index contributed by atoms with van der Waals surface area (Å²) < 4.78 is 1.85. The SMILES string of the molecule is CC(C)c1nnnn1C(C)C.N. The van der Waals surface area contributed by atoms with E-state index in [1.807, 2.05) is 4.68 Å². The van der Waals surface area contributed by atoms with Crippen molar-refractivity contribution in [3.63, 3.8) is 0 Å². The fraction of sp³-hybridized carbons (Fsp3) is 0.857. The van der Waals surface area contributed by atoms with Crippen LogP contribution in [0, 0.1) is 0 Å². The summed E-state index contributed by atoms with van der Waals surface area (Å²) in [7, 11) is 0. The molecule has 5 nitrogen and oxygen atoms in total. The van der Waals surface area contributed by atoms with Gasteiger partial charge in [-0.25, -0.2) is 4.68 Å². The molecule has 0 aliphatic rings. The summed E-state index contributed by atoms with van der Waals surface area (Å²) in [6, 6.07) is 0.349. The van der Waals surface area contributed by atoms with Crippen molar-refractivity contribution >= 4 is 0 Å². The van der Waals surface area contributed by atoms with E-state index in [9.17, 15) is 0 Å². The van der Waals surface area contributed by atoms with Crippen LogP contribution in [0.4, 0.5) is 0 Å². The van der Waals surface area contributed by atoms with Crippen LogP contribution in [0.25, 0.3) is 0 Å². The van der Waals surface area contributed by atoms with E-state index in [1.165, 1.54) is 0 Å². The third-order valence-electron chi connectivity index (χ3n) is 1.52. The Morgan fingerprint density at radius 3 is 2.08 bits per heavy atom. The van der Waals surface area contributed by atoms with Gasteiger partial charge in [-0.3, -0.25) is 0 Å². The second-order valence-electron chi connectivity index (χ2n) is 3.23. The van der Waals surface area contributed by atoms with Gasteiger partial charge in [-0.2, -0.15) is 0 Å². The van der Waals surface area contributed by atoms with Crippen LogP contribution in [-0.2, 0) is 0 Å². The second kappa shape index (κ2) is 4.15. The highest BCUT2D eigenvalue weighted by atomic mass is 15.5. The number of rotatable bonds is 2. The van der Waals surface area contributed by atoms with Gasteiger partial charge in [0.1, 0.15) is 0 Å². The van der Waals surface area contributed by atoms with Gasteiger partial charge < -0.3 is 6.15 Å². The Balaban J connectivity index is 0.00000121. The van der Waals surface area contributed by atoms with E-state index in [1.54, 1.807) is 0 Å². The van der Waals surface area contributed by atoms with Gasteiger partial charge in [-0.15, -0.1) is 5.10 Å². The van der Waals surface area contributed by atoms with E-state index >= 15 is 0 Å². The minimum Gasteiger partial charge on any atom is -0.344 e. The lowest BCUT2D eigenvalue weighted by Gasteiger charge is -2.08. The maximum absolute atomic E-state index is 3.94. The van der Waals surface area contributed by atoms with Crippen molar-refractivity contribution in [3.05, 3.63) is 5.82 Å². The van der Waals surface area contributed by atoms with Crippen molar-refractivity contribution in [3.8, 4) is 0 Å². The molecule has 5 heteroatoms. The number of hydrogen-bond donors (Lipinski definition) is 1. The Kier molecular flexibility index (Phi) is 3.82. The zero-order valence-electron chi connectivity index (χ0n) is 8.15. The fourth-order valence-electron chi connectivity index (χ4n) is 0.948. The molecule has 0 amide bonds. The molecule has 1 aromatic rings. The highest BCUT2D eigenvalue weighted by molar-refractivity contribution is 4.89. The zero-order valence-corrected chi connectivity index (χ0v) is 8.15. The van der Waals surface area contributed by atoms with Gasteiger partial charge in [0.05, 0.1) is 6.04 Å². The van der Waals surface area contributed by atoms with E-state index in [2.05, 4.69) is 43.2 Å². The van der Waals surface area contributed by atoms with E-state index < -0.39 is 0 Å². The molecule has 0 saturated heterocycles. The van der Waals surface area contributed by atoms with Crippen molar-refractivity contribution in [1.82, 2.24) is 26.4 Å². The first-order valence-electron chi connectivity index (χ1n) is 3.90. The first kappa shape index (κ1) is 11.0. The number of nitrogens with zero attached hydrogens (tertiary/aromatic N) is 4. The molecule has 0 aromatic carbocycles. The van der Waals surface area contributed by atoms with Crippen molar-refractivity contribution in [2.45, 2.75) is 39.7 Å². The number of aromatic nitrogens is 4. The van der Waals surface area contributed by atoms with Crippen LogP contribution >= 0.6 is 0 Å². The van der Waals surface area contributed by atoms with E-state index in [0.29, 0.717) is 12.0 Å². The van der Waals surface area contributed by atoms with Crippen molar-refractivity contribution < 1.29 is 0 Å². The molecule has 1 rings (SSSR count).